The average molecular weight is 629 g/mol. The number of carbonyl (C=O) groups is 3. The molecule has 4 aromatic rings. The van der Waals surface area contributed by atoms with Crippen LogP contribution >= 0.6 is 0 Å². The Morgan fingerprint density at radius 3 is 2.39 bits per heavy atom. The van der Waals surface area contributed by atoms with E-state index in [-0.39, 0.29) is 24.4 Å². The number of rotatable bonds is 8. The zero-order chi connectivity index (χ0) is 33.3. The van der Waals surface area contributed by atoms with Crippen LogP contribution in [0.3, 0.4) is 0 Å². The molecule has 3 amide bonds. The fourth-order valence-corrected chi connectivity index (χ4v) is 5.56. The van der Waals surface area contributed by atoms with E-state index in [9.17, 15) is 24.0 Å². The van der Waals surface area contributed by atoms with Gasteiger partial charge in [-0.2, -0.15) is 5.10 Å². The number of methoxy groups -OCH3 is 1. The molecule has 13 heteroatoms. The Hall–Kier alpha value is -5.43. The number of aryl methyl sites for hydroxylation is 1. The summed E-state index contributed by atoms with van der Waals surface area (Å²) < 4.78 is 22.9. The Morgan fingerprint density at radius 1 is 1.02 bits per heavy atom. The maximum atomic E-state index is 15.6. The van der Waals surface area contributed by atoms with E-state index < -0.39 is 40.6 Å². The van der Waals surface area contributed by atoms with Gasteiger partial charge in [0.15, 0.2) is 0 Å². The van der Waals surface area contributed by atoms with Crippen LogP contribution < -0.4 is 31.9 Å². The first-order valence-electron chi connectivity index (χ1n) is 14.5. The van der Waals surface area contributed by atoms with Crippen molar-refractivity contribution in [2.24, 2.45) is 14.1 Å². The number of imide groups is 1. The zero-order valence-corrected chi connectivity index (χ0v) is 26.0. The third-order valence-electron chi connectivity index (χ3n) is 8.19. The second-order valence-electron chi connectivity index (χ2n) is 11.1. The molecule has 1 saturated heterocycles. The molecule has 238 valence electrons. The molecule has 1 fully saturated rings. The summed E-state index contributed by atoms with van der Waals surface area (Å²) in [6.45, 7) is 3.77. The van der Waals surface area contributed by atoms with Crippen LogP contribution in [0.5, 0.6) is 5.75 Å². The molecule has 1 aliphatic heterocycles. The summed E-state index contributed by atoms with van der Waals surface area (Å²) in [7, 11) is 4.08. The van der Waals surface area contributed by atoms with Gasteiger partial charge in [0.05, 0.1) is 13.2 Å². The molecule has 0 saturated carbocycles. The number of hydrogen-bond donors (Lipinski definition) is 3. The lowest BCUT2D eigenvalue weighted by atomic mass is 9.90. The molecule has 3 N–H and O–H groups in total. The van der Waals surface area contributed by atoms with Crippen molar-refractivity contribution < 1.29 is 23.5 Å². The molecule has 0 bridgehead atoms. The summed E-state index contributed by atoms with van der Waals surface area (Å²) in [5, 5.41) is 11.9. The normalized spacial score (nSPS) is 14.6. The quantitative estimate of drug-likeness (QED) is 0.252. The molecule has 1 aliphatic rings. The summed E-state index contributed by atoms with van der Waals surface area (Å²) in [5.41, 5.74) is 3.38. The third-order valence-corrected chi connectivity index (χ3v) is 8.19. The molecule has 0 radical (unpaired) electrons. The summed E-state index contributed by atoms with van der Waals surface area (Å²) in [6, 6.07) is 13.5. The maximum Gasteiger partial charge on any atom is 0.346 e. The predicted molar refractivity (Wildman–Crippen MR) is 169 cm³/mol. The molecule has 0 aliphatic carbocycles. The van der Waals surface area contributed by atoms with Crippen molar-refractivity contribution in [2.75, 3.05) is 12.4 Å². The molecule has 3 aromatic carbocycles. The molecule has 12 nitrogen and oxygen atoms in total. The number of ether oxygens (including phenoxy) is 1. The van der Waals surface area contributed by atoms with Crippen molar-refractivity contribution in [3.8, 4) is 28.0 Å². The van der Waals surface area contributed by atoms with E-state index in [2.05, 4.69) is 21.0 Å². The molecule has 5 rings (SSSR count). The van der Waals surface area contributed by atoms with Crippen LogP contribution in [0.2, 0.25) is 0 Å². The molecule has 0 spiro atoms. The molecular weight excluding hydrogens is 595 g/mol. The maximum absolute atomic E-state index is 15.6. The minimum absolute atomic E-state index is 0.0270. The van der Waals surface area contributed by atoms with Gasteiger partial charge in [-0.15, -0.1) is 0 Å². The highest BCUT2D eigenvalue weighted by molar-refractivity contribution is 6.03. The fourth-order valence-electron chi connectivity index (χ4n) is 5.56. The van der Waals surface area contributed by atoms with Gasteiger partial charge in [-0.25, -0.2) is 13.9 Å². The van der Waals surface area contributed by atoms with Crippen molar-refractivity contribution in [1.29, 1.82) is 0 Å². The highest BCUT2D eigenvalue weighted by Gasteiger charge is 2.27. The van der Waals surface area contributed by atoms with Gasteiger partial charge in [0.2, 0.25) is 17.5 Å². The van der Waals surface area contributed by atoms with E-state index in [1.165, 1.54) is 27.3 Å². The smallest absolute Gasteiger partial charge is 0.346 e. The van der Waals surface area contributed by atoms with Gasteiger partial charge in [-0.3, -0.25) is 29.1 Å². The summed E-state index contributed by atoms with van der Waals surface area (Å²) >= 11 is 0. The molecular formula is C33H33FN6O6. The van der Waals surface area contributed by atoms with Crippen molar-refractivity contribution in [3.63, 3.8) is 0 Å². The fraction of sp³-hybridized carbons (Fsp3) is 0.273. The number of nitrogens with zero attached hydrogens (tertiary/aromatic N) is 3. The van der Waals surface area contributed by atoms with Crippen LogP contribution in [0.15, 0.2) is 58.1 Å². The van der Waals surface area contributed by atoms with Crippen molar-refractivity contribution in [2.45, 2.75) is 39.3 Å². The van der Waals surface area contributed by atoms with E-state index in [0.717, 1.165) is 37.1 Å². The highest BCUT2D eigenvalue weighted by Crippen LogP contribution is 2.37. The van der Waals surface area contributed by atoms with Crippen LogP contribution in [0.1, 0.15) is 40.0 Å². The van der Waals surface area contributed by atoms with Gasteiger partial charge in [0.25, 0.3) is 11.5 Å². The molecule has 1 aromatic heterocycles. The summed E-state index contributed by atoms with van der Waals surface area (Å²) in [4.78, 5) is 61.2. The number of carbonyl (C=O) groups excluding carboxylic acids is 3. The van der Waals surface area contributed by atoms with Crippen LogP contribution in [0, 0.1) is 19.7 Å². The van der Waals surface area contributed by atoms with E-state index in [0.29, 0.717) is 23.4 Å². The SMILES string of the molecule is COc1cc(-c2cccc(-c3cccc(NC(=O)c4nn(C)c(=O)n(C)c4=O)c3C)c2C)cc(F)c1CN[C@H]1CCC(=O)NC1=O. The Morgan fingerprint density at radius 2 is 1.70 bits per heavy atom. The minimum Gasteiger partial charge on any atom is -0.496 e. The molecule has 1 atom stereocenters. The average Bonchev–Trinajstić information content (AvgIpc) is 3.02. The Kier molecular flexibility index (Phi) is 8.96. The van der Waals surface area contributed by atoms with Crippen molar-refractivity contribution >= 4 is 23.4 Å². The van der Waals surface area contributed by atoms with E-state index >= 15 is 4.39 Å². The van der Waals surface area contributed by atoms with Gasteiger partial charge in [-0.05, 0) is 71.8 Å². The Labute approximate surface area is 263 Å². The molecule has 2 heterocycles. The Balaban J connectivity index is 1.44. The van der Waals surface area contributed by atoms with Gasteiger partial charge < -0.3 is 15.4 Å². The standard InChI is InChI=1S/C33H33FN6O6/c1-17-20(19-14-24(34)23(27(15-19)46-5)16-35-26-12-13-28(41)37-30(26)42)8-6-9-21(17)22-10-7-11-25(18(22)2)36-31(43)29-32(44)39(3)33(45)40(4)38-29/h6-11,14-15,26,35H,12-13,16H2,1-5H3,(H,36,43)(H,37,41,42)/t26-/m0/s1. The molecule has 46 heavy (non-hydrogen) atoms. The number of nitrogens with one attached hydrogen (secondary N) is 3. The monoisotopic (exact) mass is 628 g/mol. The third kappa shape index (κ3) is 6.09. The first-order chi connectivity index (χ1) is 21.9. The lowest BCUT2D eigenvalue weighted by Gasteiger charge is -2.23. The minimum atomic E-state index is -0.807. The number of aromatic nitrogens is 3. The number of hydrogen-bond acceptors (Lipinski definition) is 8. The van der Waals surface area contributed by atoms with Crippen LogP contribution in [-0.2, 0) is 30.2 Å². The van der Waals surface area contributed by atoms with Crippen LogP contribution in [0.25, 0.3) is 22.3 Å². The highest BCUT2D eigenvalue weighted by atomic mass is 19.1. The number of amides is 3. The summed E-state index contributed by atoms with van der Waals surface area (Å²) in [6.07, 6.45) is 0.532. The predicted octanol–water partition coefficient (Wildman–Crippen LogP) is 2.72. The van der Waals surface area contributed by atoms with Crippen LogP contribution in [0.4, 0.5) is 10.1 Å². The Bertz CT molecular complexity index is 2020. The number of halogens is 1. The van der Waals surface area contributed by atoms with Gasteiger partial charge in [0.1, 0.15) is 11.6 Å². The van der Waals surface area contributed by atoms with Crippen molar-refractivity contribution in [3.05, 3.63) is 97.6 Å². The second kappa shape index (κ2) is 12.9. The largest absolute Gasteiger partial charge is 0.496 e. The first-order valence-corrected chi connectivity index (χ1v) is 14.5. The van der Waals surface area contributed by atoms with E-state index in [1.54, 1.807) is 18.2 Å². The topological polar surface area (TPSA) is 153 Å². The van der Waals surface area contributed by atoms with Crippen molar-refractivity contribution in [1.82, 2.24) is 25.0 Å². The number of piperidine rings is 1. The van der Waals surface area contributed by atoms with Gasteiger partial charge in [0, 0.05) is 38.3 Å². The number of benzene rings is 3. The summed E-state index contributed by atoms with van der Waals surface area (Å²) in [5.74, 6) is -1.73. The lowest BCUT2D eigenvalue weighted by Crippen LogP contribution is -2.50. The zero-order valence-electron chi connectivity index (χ0n) is 26.0. The van der Waals surface area contributed by atoms with E-state index in [4.69, 9.17) is 4.74 Å². The lowest BCUT2D eigenvalue weighted by molar-refractivity contribution is -0.134. The van der Waals surface area contributed by atoms with E-state index in [1.807, 2.05) is 38.1 Å². The molecule has 0 unspecified atom stereocenters. The van der Waals surface area contributed by atoms with Gasteiger partial charge in [-0.1, -0.05) is 30.3 Å². The first kappa shape index (κ1) is 32.0. The van der Waals surface area contributed by atoms with Gasteiger partial charge >= 0.3 is 5.69 Å². The second-order valence-corrected chi connectivity index (χ2v) is 11.1. The van der Waals surface area contributed by atoms with Crippen LogP contribution in [-0.4, -0.2) is 45.2 Å². The number of anilines is 1.